The number of hydrogen-bond acceptors (Lipinski definition) is 3. The van der Waals surface area contributed by atoms with E-state index in [1.54, 1.807) is 0 Å². The summed E-state index contributed by atoms with van der Waals surface area (Å²) in [5, 5.41) is 19.8. The summed E-state index contributed by atoms with van der Waals surface area (Å²) < 4.78 is 0. The van der Waals surface area contributed by atoms with Crippen LogP contribution in [0, 0.1) is 0 Å². The SMILES string of the molecule is CCN(CC(C)(C)O)[C@H]1CCCC[C@@H]1O. The Balaban J connectivity index is 2.56. The van der Waals surface area contributed by atoms with Gasteiger partial charge in [-0.05, 0) is 33.2 Å². The number of nitrogens with zero attached hydrogens (tertiary/aromatic N) is 1. The van der Waals surface area contributed by atoms with Gasteiger partial charge in [0, 0.05) is 12.6 Å². The largest absolute Gasteiger partial charge is 0.391 e. The maximum Gasteiger partial charge on any atom is 0.0718 e. The zero-order valence-electron chi connectivity index (χ0n) is 10.2. The van der Waals surface area contributed by atoms with Crippen molar-refractivity contribution in [3.63, 3.8) is 0 Å². The second-order valence-electron chi connectivity index (χ2n) is 5.29. The normalized spacial score (nSPS) is 28.4. The van der Waals surface area contributed by atoms with Crippen LogP contribution in [-0.4, -0.2) is 45.9 Å². The summed E-state index contributed by atoms with van der Waals surface area (Å²) in [7, 11) is 0. The molecule has 1 aliphatic carbocycles. The highest BCUT2D eigenvalue weighted by Crippen LogP contribution is 2.24. The van der Waals surface area contributed by atoms with Crippen LogP contribution in [0.4, 0.5) is 0 Å². The lowest BCUT2D eigenvalue weighted by Crippen LogP contribution is -2.50. The molecule has 0 aromatic heterocycles. The van der Waals surface area contributed by atoms with Crippen molar-refractivity contribution in [1.82, 2.24) is 4.90 Å². The van der Waals surface area contributed by atoms with E-state index in [4.69, 9.17) is 0 Å². The topological polar surface area (TPSA) is 43.7 Å². The smallest absolute Gasteiger partial charge is 0.0718 e. The van der Waals surface area contributed by atoms with Gasteiger partial charge in [0.1, 0.15) is 0 Å². The Morgan fingerprint density at radius 2 is 1.87 bits per heavy atom. The lowest BCUT2D eigenvalue weighted by atomic mass is 9.90. The van der Waals surface area contributed by atoms with E-state index in [1.165, 1.54) is 6.42 Å². The van der Waals surface area contributed by atoms with E-state index in [9.17, 15) is 10.2 Å². The van der Waals surface area contributed by atoms with Gasteiger partial charge < -0.3 is 10.2 Å². The summed E-state index contributed by atoms with van der Waals surface area (Å²) in [6.45, 7) is 7.28. The zero-order chi connectivity index (χ0) is 11.5. The number of aliphatic hydroxyl groups is 2. The first kappa shape index (κ1) is 12.9. The molecule has 1 fully saturated rings. The Labute approximate surface area is 93.1 Å². The molecular formula is C12H25NO2. The molecule has 0 aromatic rings. The highest BCUT2D eigenvalue weighted by Gasteiger charge is 2.30. The zero-order valence-corrected chi connectivity index (χ0v) is 10.2. The average molecular weight is 215 g/mol. The molecule has 0 amide bonds. The van der Waals surface area contributed by atoms with Crippen LogP contribution in [0.2, 0.25) is 0 Å². The van der Waals surface area contributed by atoms with Crippen molar-refractivity contribution in [2.45, 2.75) is 64.2 Å². The summed E-state index contributed by atoms with van der Waals surface area (Å²) >= 11 is 0. The number of rotatable bonds is 4. The quantitative estimate of drug-likeness (QED) is 0.744. The van der Waals surface area contributed by atoms with E-state index < -0.39 is 5.60 Å². The van der Waals surface area contributed by atoms with Gasteiger partial charge >= 0.3 is 0 Å². The highest BCUT2D eigenvalue weighted by atomic mass is 16.3. The Bertz CT molecular complexity index is 189. The van der Waals surface area contributed by atoms with Crippen molar-refractivity contribution < 1.29 is 10.2 Å². The molecule has 90 valence electrons. The van der Waals surface area contributed by atoms with Gasteiger partial charge in [-0.1, -0.05) is 19.8 Å². The van der Waals surface area contributed by atoms with Gasteiger partial charge in [-0.3, -0.25) is 4.90 Å². The fourth-order valence-electron chi connectivity index (χ4n) is 2.48. The number of aliphatic hydroxyl groups excluding tert-OH is 1. The molecule has 1 aliphatic rings. The van der Waals surface area contributed by atoms with Gasteiger partial charge in [0.05, 0.1) is 11.7 Å². The highest BCUT2D eigenvalue weighted by molar-refractivity contribution is 4.85. The molecule has 0 unspecified atom stereocenters. The number of likely N-dealkylation sites (N-methyl/N-ethyl adjacent to an activating group) is 1. The fourth-order valence-corrected chi connectivity index (χ4v) is 2.48. The second-order valence-corrected chi connectivity index (χ2v) is 5.29. The molecule has 0 aliphatic heterocycles. The van der Waals surface area contributed by atoms with Gasteiger partial charge in [0.15, 0.2) is 0 Å². The first-order valence-corrected chi connectivity index (χ1v) is 6.08. The van der Waals surface area contributed by atoms with Crippen LogP contribution in [0.15, 0.2) is 0 Å². The van der Waals surface area contributed by atoms with Crippen molar-refractivity contribution in [1.29, 1.82) is 0 Å². The van der Waals surface area contributed by atoms with Crippen LogP contribution in [0.5, 0.6) is 0 Å². The Hall–Kier alpha value is -0.120. The molecule has 3 heteroatoms. The van der Waals surface area contributed by atoms with Gasteiger partial charge in [-0.25, -0.2) is 0 Å². The Morgan fingerprint density at radius 1 is 1.27 bits per heavy atom. The van der Waals surface area contributed by atoms with Crippen molar-refractivity contribution in [2.24, 2.45) is 0 Å². The minimum absolute atomic E-state index is 0.207. The third kappa shape index (κ3) is 4.09. The van der Waals surface area contributed by atoms with Crippen LogP contribution in [0.3, 0.4) is 0 Å². The summed E-state index contributed by atoms with van der Waals surface area (Å²) in [6.07, 6.45) is 4.10. The molecule has 0 saturated heterocycles. The van der Waals surface area contributed by atoms with E-state index in [0.717, 1.165) is 25.8 Å². The summed E-state index contributed by atoms with van der Waals surface area (Å²) in [6, 6.07) is 0.246. The van der Waals surface area contributed by atoms with E-state index >= 15 is 0 Å². The minimum atomic E-state index is -0.673. The van der Waals surface area contributed by atoms with Crippen LogP contribution < -0.4 is 0 Å². The minimum Gasteiger partial charge on any atom is -0.391 e. The molecule has 3 nitrogen and oxygen atoms in total. The van der Waals surface area contributed by atoms with E-state index in [0.29, 0.717) is 6.54 Å². The molecule has 0 radical (unpaired) electrons. The maximum atomic E-state index is 9.94. The summed E-state index contributed by atoms with van der Waals surface area (Å²) in [5.41, 5.74) is -0.673. The molecule has 15 heavy (non-hydrogen) atoms. The Morgan fingerprint density at radius 3 is 2.33 bits per heavy atom. The predicted molar refractivity (Wildman–Crippen MR) is 61.8 cm³/mol. The average Bonchev–Trinajstić information content (AvgIpc) is 2.14. The lowest BCUT2D eigenvalue weighted by molar-refractivity contribution is -0.0252. The molecule has 1 saturated carbocycles. The molecule has 1 rings (SSSR count). The van der Waals surface area contributed by atoms with Gasteiger partial charge in [-0.15, -0.1) is 0 Å². The standard InChI is InChI=1S/C12H25NO2/c1-4-13(9-12(2,3)15)10-7-5-6-8-11(10)14/h10-11,14-15H,4-9H2,1-3H3/t10-,11-/m0/s1. The first-order chi connectivity index (χ1) is 6.94. The summed E-state index contributed by atoms with van der Waals surface area (Å²) in [4.78, 5) is 2.21. The lowest BCUT2D eigenvalue weighted by Gasteiger charge is -2.39. The molecule has 2 N–H and O–H groups in total. The Kier molecular flexibility index (Phi) is 4.56. The van der Waals surface area contributed by atoms with Crippen molar-refractivity contribution >= 4 is 0 Å². The predicted octanol–water partition coefficient (Wildman–Crippen LogP) is 1.38. The number of hydrogen-bond donors (Lipinski definition) is 2. The van der Waals surface area contributed by atoms with Crippen LogP contribution in [0.25, 0.3) is 0 Å². The van der Waals surface area contributed by atoms with Gasteiger partial charge in [0.2, 0.25) is 0 Å². The molecular weight excluding hydrogens is 190 g/mol. The van der Waals surface area contributed by atoms with Crippen molar-refractivity contribution in [3.05, 3.63) is 0 Å². The summed E-state index contributed by atoms with van der Waals surface area (Å²) in [5.74, 6) is 0. The second kappa shape index (κ2) is 5.28. The first-order valence-electron chi connectivity index (χ1n) is 6.08. The third-order valence-corrected chi connectivity index (χ3v) is 3.16. The fraction of sp³-hybridized carbons (Fsp3) is 1.00. The van der Waals surface area contributed by atoms with Crippen LogP contribution >= 0.6 is 0 Å². The maximum absolute atomic E-state index is 9.94. The molecule has 0 aromatic carbocycles. The molecule has 0 bridgehead atoms. The molecule has 2 atom stereocenters. The molecule has 0 heterocycles. The van der Waals surface area contributed by atoms with Crippen LogP contribution in [0.1, 0.15) is 46.5 Å². The van der Waals surface area contributed by atoms with Crippen LogP contribution in [-0.2, 0) is 0 Å². The van der Waals surface area contributed by atoms with Gasteiger partial charge in [0.25, 0.3) is 0 Å². The third-order valence-electron chi connectivity index (χ3n) is 3.16. The molecule has 0 spiro atoms. The van der Waals surface area contributed by atoms with E-state index in [-0.39, 0.29) is 12.1 Å². The van der Waals surface area contributed by atoms with Gasteiger partial charge in [-0.2, -0.15) is 0 Å². The monoisotopic (exact) mass is 215 g/mol. The van der Waals surface area contributed by atoms with E-state index in [2.05, 4.69) is 11.8 Å². The van der Waals surface area contributed by atoms with Crippen molar-refractivity contribution in [3.8, 4) is 0 Å². The van der Waals surface area contributed by atoms with Crippen molar-refractivity contribution in [2.75, 3.05) is 13.1 Å². The van der Waals surface area contributed by atoms with E-state index in [1.807, 2.05) is 13.8 Å².